The molecule has 0 spiro atoms. The number of benzene rings is 2. The summed E-state index contributed by atoms with van der Waals surface area (Å²) in [4.78, 5) is 0.181. The molecule has 0 amide bonds. The van der Waals surface area contributed by atoms with E-state index in [0.717, 1.165) is 11.3 Å². The summed E-state index contributed by atoms with van der Waals surface area (Å²) in [7, 11) is -2.25. The van der Waals surface area contributed by atoms with Crippen LogP contribution in [0.3, 0.4) is 0 Å². The highest BCUT2D eigenvalue weighted by atomic mass is 32.2. The van der Waals surface area contributed by atoms with E-state index in [1.165, 1.54) is 7.11 Å². The van der Waals surface area contributed by atoms with Crippen molar-refractivity contribution in [2.75, 3.05) is 11.8 Å². The van der Waals surface area contributed by atoms with Crippen LogP contribution in [-0.2, 0) is 10.0 Å². The Morgan fingerprint density at radius 2 is 1.73 bits per heavy atom. The van der Waals surface area contributed by atoms with E-state index in [0.29, 0.717) is 22.8 Å². The van der Waals surface area contributed by atoms with Crippen LogP contribution in [0.4, 0.5) is 5.69 Å². The Bertz CT molecular complexity index is 1040. The normalized spacial score (nSPS) is 11.4. The third-order valence-electron chi connectivity index (χ3n) is 4.09. The molecule has 0 atom stereocenters. The first-order valence-electron chi connectivity index (χ1n) is 8.12. The maximum atomic E-state index is 12.9. The molecule has 26 heavy (non-hydrogen) atoms. The monoisotopic (exact) mass is 371 g/mol. The molecule has 0 unspecified atom stereocenters. The van der Waals surface area contributed by atoms with E-state index in [4.69, 9.17) is 4.74 Å². The molecule has 0 fully saturated rings. The molecule has 7 heteroatoms. The maximum Gasteiger partial charge on any atom is 0.265 e. The molecular weight excluding hydrogens is 350 g/mol. The minimum absolute atomic E-state index is 0.181. The second kappa shape index (κ2) is 6.84. The van der Waals surface area contributed by atoms with Gasteiger partial charge in [-0.2, -0.15) is 5.10 Å². The largest absolute Gasteiger partial charge is 0.497 e. The van der Waals surface area contributed by atoms with Gasteiger partial charge in [-0.15, -0.1) is 0 Å². The van der Waals surface area contributed by atoms with Crippen molar-refractivity contribution in [3.8, 4) is 11.4 Å². The van der Waals surface area contributed by atoms with Gasteiger partial charge in [0.15, 0.2) is 0 Å². The molecule has 0 saturated heterocycles. The van der Waals surface area contributed by atoms with Crippen LogP contribution in [0, 0.1) is 20.8 Å². The molecule has 2 aromatic carbocycles. The number of nitrogens with one attached hydrogen (secondary N) is 1. The second-order valence-corrected chi connectivity index (χ2v) is 7.70. The van der Waals surface area contributed by atoms with Gasteiger partial charge in [-0.3, -0.25) is 4.72 Å². The molecule has 0 radical (unpaired) electrons. The van der Waals surface area contributed by atoms with Crippen LogP contribution in [0.1, 0.15) is 17.0 Å². The van der Waals surface area contributed by atoms with Crippen molar-refractivity contribution in [2.24, 2.45) is 0 Å². The highest BCUT2D eigenvalue weighted by Gasteiger charge is 2.25. The molecule has 1 aromatic heterocycles. The van der Waals surface area contributed by atoms with Crippen molar-refractivity contribution < 1.29 is 13.2 Å². The number of rotatable bonds is 5. The molecule has 0 bridgehead atoms. The van der Waals surface area contributed by atoms with Crippen molar-refractivity contribution in [3.05, 3.63) is 65.5 Å². The van der Waals surface area contributed by atoms with E-state index >= 15 is 0 Å². The summed E-state index contributed by atoms with van der Waals surface area (Å²) in [6.45, 7) is 5.44. The van der Waals surface area contributed by atoms with Crippen molar-refractivity contribution in [1.82, 2.24) is 9.78 Å². The number of methoxy groups -OCH3 is 1. The Morgan fingerprint density at radius 1 is 1.04 bits per heavy atom. The van der Waals surface area contributed by atoms with E-state index in [1.54, 1.807) is 42.8 Å². The highest BCUT2D eigenvalue weighted by Crippen LogP contribution is 2.26. The van der Waals surface area contributed by atoms with Gasteiger partial charge >= 0.3 is 0 Å². The van der Waals surface area contributed by atoms with Crippen LogP contribution < -0.4 is 9.46 Å². The molecule has 3 rings (SSSR count). The lowest BCUT2D eigenvalue weighted by molar-refractivity contribution is 0.415. The molecule has 0 aliphatic rings. The second-order valence-electron chi connectivity index (χ2n) is 6.08. The van der Waals surface area contributed by atoms with Crippen LogP contribution in [0.15, 0.2) is 53.4 Å². The fourth-order valence-electron chi connectivity index (χ4n) is 2.85. The zero-order valence-corrected chi connectivity index (χ0v) is 16.0. The number of hydrogen-bond donors (Lipinski definition) is 1. The summed E-state index contributed by atoms with van der Waals surface area (Å²) in [6, 6.07) is 14.6. The fraction of sp³-hybridized carbons (Fsp3) is 0.211. The lowest BCUT2D eigenvalue weighted by Crippen LogP contribution is -2.15. The van der Waals surface area contributed by atoms with Crippen LogP contribution in [0.2, 0.25) is 0 Å². The molecule has 0 aliphatic heterocycles. The Kier molecular flexibility index (Phi) is 4.73. The smallest absolute Gasteiger partial charge is 0.265 e. The molecule has 6 nitrogen and oxygen atoms in total. The predicted octanol–water partition coefficient (Wildman–Crippen LogP) is 3.61. The number of anilines is 1. The van der Waals surface area contributed by atoms with Crippen LogP contribution in [-0.4, -0.2) is 25.3 Å². The van der Waals surface area contributed by atoms with Crippen molar-refractivity contribution >= 4 is 15.7 Å². The van der Waals surface area contributed by atoms with Crippen LogP contribution in [0.5, 0.6) is 5.75 Å². The quantitative estimate of drug-likeness (QED) is 0.744. The summed E-state index contributed by atoms with van der Waals surface area (Å²) in [6.07, 6.45) is 0. The number of hydrogen-bond acceptors (Lipinski definition) is 4. The van der Waals surface area contributed by atoms with E-state index in [9.17, 15) is 8.42 Å². The number of aromatic nitrogens is 2. The molecule has 1 heterocycles. The summed E-state index contributed by atoms with van der Waals surface area (Å²) in [5.41, 5.74) is 3.38. The third-order valence-corrected chi connectivity index (χ3v) is 5.73. The van der Waals surface area contributed by atoms with Gasteiger partial charge in [-0.1, -0.05) is 23.8 Å². The van der Waals surface area contributed by atoms with Crippen LogP contribution >= 0.6 is 0 Å². The fourth-order valence-corrected chi connectivity index (χ4v) is 4.29. The van der Waals surface area contributed by atoms with E-state index in [2.05, 4.69) is 9.82 Å². The zero-order valence-electron chi connectivity index (χ0n) is 15.1. The van der Waals surface area contributed by atoms with Crippen molar-refractivity contribution in [1.29, 1.82) is 0 Å². The lowest BCUT2D eigenvalue weighted by Gasteiger charge is -2.10. The number of aryl methyl sites for hydroxylation is 2. The first kappa shape index (κ1) is 18.0. The lowest BCUT2D eigenvalue weighted by atomic mass is 10.2. The molecule has 3 aromatic rings. The van der Waals surface area contributed by atoms with E-state index < -0.39 is 10.0 Å². The topological polar surface area (TPSA) is 73.2 Å². The SMILES string of the molecule is COc1cccc(NS(=O)(=O)c2c(C)nn(-c3ccc(C)cc3)c2C)c1. The van der Waals surface area contributed by atoms with Crippen molar-refractivity contribution in [3.63, 3.8) is 0 Å². The molecule has 0 saturated carbocycles. The summed E-state index contributed by atoms with van der Waals surface area (Å²) in [5.74, 6) is 0.578. The molecule has 136 valence electrons. The van der Waals surface area contributed by atoms with E-state index in [1.807, 2.05) is 31.2 Å². The van der Waals surface area contributed by atoms with Gasteiger partial charge in [-0.25, -0.2) is 13.1 Å². The molecule has 0 aliphatic carbocycles. The summed E-state index contributed by atoms with van der Waals surface area (Å²) < 4.78 is 35.3. The third kappa shape index (κ3) is 3.43. The summed E-state index contributed by atoms with van der Waals surface area (Å²) in [5, 5.41) is 4.42. The maximum absolute atomic E-state index is 12.9. The minimum atomic E-state index is -3.78. The van der Waals surface area contributed by atoms with Gasteiger partial charge in [0.1, 0.15) is 10.6 Å². The van der Waals surface area contributed by atoms with Crippen LogP contribution in [0.25, 0.3) is 5.69 Å². The summed E-state index contributed by atoms with van der Waals surface area (Å²) >= 11 is 0. The number of ether oxygens (including phenoxy) is 1. The van der Waals surface area contributed by atoms with Gasteiger partial charge in [0, 0.05) is 6.07 Å². The van der Waals surface area contributed by atoms with Gasteiger partial charge in [0.25, 0.3) is 10.0 Å². The first-order valence-corrected chi connectivity index (χ1v) is 9.60. The van der Waals surface area contributed by atoms with Gasteiger partial charge in [0.05, 0.1) is 29.9 Å². The Hall–Kier alpha value is -2.80. The standard InChI is InChI=1S/C19H21N3O3S/c1-13-8-10-17(11-9-13)22-15(3)19(14(2)20-22)26(23,24)21-16-6-5-7-18(12-16)25-4/h5-12,21H,1-4H3. The Labute approximate surface area is 153 Å². The number of nitrogens with zero attached hydrogens (tertiary/aromatic N) is 2. The predicted molar refractivity (Wildman–Crippen MR) is 102 cm³/mol. The Balaban J connectivity index is 2.01. The average Bonchev–Trinajstić information content (AvgIpc) is 2.90. The Morgan fingerprint density at radius 3 is 2.38 bits per heavy atom. The van der Waals surface area contributed by atoms with Gasteiger partial charge < -0.3 is 4.74 Å². The van der Waals surface area contributed by atoms with Crippen molar-refractivity contribution in [2.45, 2.75) is 25.7 Å². The first-order chi connectivity index (χ1) is 12.3. The zero-order chi connectivity index (χ0) is 18.9. The highest BCUT2D eigenvalue weighted by molar-refractivity contribution is 7.92. The average molecular weight is 371 g/mol. The van der Waals surface area contributed by atoms with Gasteiger partial charge in [0.2, 0.25) is 0 Å². The molecule has 1 N–H and O–H groups in total. The number of sulfonamides is 1. The minimum Gasteiger partial charge on any atom is -0.497 e. The van der Waals surface area contributed by atoms with Gasteiger partial charge in [-0.05, 0) is 45.0 Å². The van der Waals surface area contributed by atoms with E-state index in [-0.39, 0.29) is 4.90 Å². The molecular formula is C19H21N3O3S.